The molecule has 11 heteroatoms. The minimum Gasteiger partial charge on any atom is -0.328 e. The number of aromatic nitrogens is 1. The van der Waals surface area contributed by atoms with Crippen molar-refractivity contribution in [3.63, 3.8) is 0 Å². The summed E-state index contributed by atoms with van der Waals surface area (Å²) in [6.45, 7) is 1.12. The molecule has 36 heavy (non-hydrogen) atoms. The van der Waals surface area contributed by atoms with E-state index in [1.165, 1.54) is 6.08 Å². The first-order chi connectivity index (χ1) is 17.2. The van der Waals surface area contributed by atoms with Gasteiger partial charge in [-0.25, -0.2) is 0 Å². The first-order valence-corrected chi connectivity index (χ1v) is 12.8. The van der Waals surface area contributed by atoms with Crippen LogP contribution < -0.4 is 10.2 Å². The third kappa shape index (κ3) is 6.03. The van der Waals surface area contributed by atoms with E-state index in [-0.39, 0.29) is 0 Å². The van der Waals surface area contributed by atoms with Crippen LogP contribution in [0.3, 0.4) is 0 Å². The minimum atomic E-state index is -1.87. The number of alkyl halides is 3. The molecule has 3 aromatic rings. The molecule has 1 aliphatic heterocycles. The first-order valence-electron chi connectivity index (χ1n) is 10.9. The highest BCUT2D eigenvalue weighted by molar-refractivity contribution is 7.80. The lowest BCUT2D eigenvalue weighted by Crippen LogP contribution is -2.62. The van der Waals surface area contributed by atoms with Crippen LogP contribution in [0.1, 0.15) is 17.5 Å². The molecule has 1 N–H and O–H groups in total. The molecule has 1 aliphatic rings. The van der Waals surface area contributed by atoms with Crippen molar-refractivity contribution < 1.29 is 4.79 Å². The fourth-order valence-corrected chi connectivity index (χ4v) is 4.97. The van der Waals surface area contributed by atoms with E-state index in [9.17, 15) is 4.79 Å². The van der Waals surface area contributed by atoms with Gasteiger partial charge in [0.05, 0.1) is 27.9 Å². The van der Waals surface area contributed by atoms with Crippen LogP contribution in [0.25, 0.3) is 17.0 Å². The Kier molecular flexibility index (Phi) is 8.23. The van der Waals surface area contributed by atoms with Crippen molar-refractivity contribution in [2.45, 2.75) is 16.4 Å². The molecule has 0 saturated carbocycles. The van der Waals surface area contributed by atoms with E-state index < -0.39 is 15.9 Å². The maximum atomic E-state index is 12.8. The highest BCUT2D eigenvalue weighted by Crippen LogP contribution is 2.35. The number of nitrogens with one attached hydrogen (secondary N) is 1. The van der Waals surface area contributed by atoms with Crippen molar-refractivity contribution >= 4 is 92.3 Å². The van der Waals surface area contributed by atoms with Crippen LogP contribution in [0.4, 0.5) is 5.69 Å². The number of anilines is 1. The standard InChI is InChI=1S/C25H19Cl4N5OS/c26-19-13-18-3-1-4-20(22(18)31-15-19)33-11-2-12-34(24(33)36)23(25(27,28)29)32-21(35)10-9-16-5-7-17(14-30)8-6-16/h1,3-10,13,15,23H,2,11-12H2,(H,32,35)/b10-9+. The Morgan fingerprint density at radius 1 is 1.19 bits per heavy atom. The number of para-hydroxylation sites is 1. The van der Waals surface area contributed by atoms with E-state index in [2.05, 4.69) is 16.4 Å². The normalized spacial score (nSPS) is 15.2. The molecule has 4 rings (SSSR count). The zero-order chi connectivity index (χ0) is 25.9. The fraction of sp³-hybridized carbons (Fsp3) is 0.200. The second kappa shape index (κ2) is 11.2. The van der Waals surface area contributed by atoms with Crippen LogP contribution >= 0.6 is 58.6 Å². The zero-order valence-electron chi connectivity index (χ0n) is 18.7. The maximum absolute atomic E-state index is 12.8. The lowest BCUT2D eigenvalue weighted by molar-refractivity contribution is -0.117. The van der Waals surface area contributed by atoms with Crippen molar-refractivity contribution in [3.8, 4) is 6.07 Å². The highest BCUT2D eigenvalue weighted by Gasteiger charge is 2.42. The largest absolute Gasteiger partial charge is 0.328 e. The van der Waals surface area contributed by atoms with E-state index in [0.717, 1.165) is 22.2 Å². The SMILES string of the molecule is N#Cc1ccc(/C=C/C(=O)NC(N2CCCN(c3cccc4cc(Cl)cnc34)C2=S)C(Cl)(Cl)Cl)cc1. The van der Waals surface area contributed by atoms with Gasteiger partial charge in [0, 0.05) is 30.7 Å². The van der Waals surface area contributed by atoms with Gasteiger partial charge in [-0.05, 0) is 54.5 Å². The quantitative estimate of drug-likeness (QED) is 0.225. The number of halogens is 4. The number of fused-ring (bicyclic) bond motifs is 1. The number of carbonyl (C=O) groups is 1. The number of hydrogen-bond acceptors (Lipinski definition) is 4. The monoisotopic (exact) mass is 577 g/mol. The van der Waals surface area contributed by atoms with Gasteiger partial charge in [0.2, 0.25) is 9.70 Å². The number of benzene rings is 2. The molecule has 0 radical (unpaired) electrons. The summed E-state index contributed by atoms with van der Waals surface area (Å²) >= 11 is 30.9. The van der Waals surface area contributed by atoms with E-state index in [1.807, 2.05) is 29.2 Å². The van der Waals surface area contributed by atoms with Gasteiger partial charge < -0.3 is 15.1 Å². The number of pyridine rings is 1. The summed E-state index contributed by atoms with van der Waals surface area (Å²) < 4.78 is -1.87. The lowest BCUT2D eigenvalue weighted by Gasteiger charge is -2.44. The van der Waals surface area contributed by atoms with E-state index >= 15 is 0 Å². The van der Waals surface area contributed by atoms with Crippen molar-refractivity contribution in [3.05, 3.63) is 77.0 Å². The van der Waals surface area contributed by atoms with E-state index in [1.54, 1.807) is 41.4 Å². The number of thiocarbonyl (C=S) groups is 1. The summed E-state index contributed by atoms with van der Waals surface area (Å²) in [7, 11) is 0. The van der Waals surface area contributed by atoms with Gasteiger partial charge in [-0.15, -0.1) is 0 Å². The van der Waals surface area contributed by atoms with Crippen molar-refractivity contribution in [1.82, 2.24) is 15.2 Å². The van der Waals surface area contributed by atoms with Crippen molar-refractivity contribution in [2.24, 2.45) is 0 Å². The molecule has 1 aromatic heterocycles. The number of hydrogen-bond donors (Lipinski definition) is 1. The average Bonchev–Trinajstić information content (AvgIpc) is 2.85. The smallest absolute Gasteiger partial charge is 0.245 e. The van der Waals surface area contributed by atoms with Crippen LogP contribution in [-0.2, 0) is 4.79 Å². The zero-order valence-corrected chi connectivity index (χ0v) is 22.5. The second-order valence-corrected chi connectivity index (χ2v) is 11.2. The molecule has 1 saturated heterocycles. The highest BCUT2D eigenvalue weighted by atomic mass is 35.6. The molecule has 1 atom stereocenters. The Morgan fingerprint density at radius 2 is 1.94 bits per heavy atom. The summed E-state index contributed by atoms with van der Waals surface area (Å²) in [6.07, 6.45) is 4.22. The number of carbonyl (C=O) groups excluding carboxylic acids is 1. The van der Waals surface area contributed by atoms with Crippen molar-refractivity contribution in [2.75, 3.05) is 18.0 Å². The fourth-order valence-electron chi connectivity index (χ4n) is 3.90. The van der Waals surface area contributed by atoms with Crippen LogP contribution in [0.2, 0.25) is 5.02 Å². The Morgan fingerprint density at radius 3 is 2.64 bits per heavy atom. The molecule has 2 heterocycles. The molecule has 0 spiro atoms. The van der Waals surface area contributed by atoms with Gasteiger partial charge in [-0.3, -0.25) is 9.78 Å². The molecule has 0 bridgehead atoms. The van der Waals surface area contributed by atoms with Gasteiger partial charge in [-0.1, -0.05) is 70.7 Å². The lowest BCUT2D eigenvalue weighted by atomic mass is 10.1. The first kappa shape index (κ1) is 26.5. The molecule has 0 aliphatic carbocycles. The summed E-state index contributed by atoms with van der Waals surface area (Å²) in [5.74, 6) is -0.461. The third-order valence-corrected chi connectivity index (χ3v) is 6.85. The summed E-state index contributed by atoms with van der Waals surface area (Å²) in [5, 5.41) is 13.5. The van der Waals surface area contributed by atoms with Gasteiger partial charge in [0.25, 0.3) is 0 Å². The van der Waals surface area contributed by atoms with Gasteiger partial charge in [0.1, 0.15) is 0 Å². The van der Waals surface area contributed by atoms with E-state index in [0.29, 0.717) is 35.2 Å². The predicted octanol–water partition coefficient (Wildman–Crippen LogP) is 6.08. The number of nitriles is 1. The Hall–Kier alpha value is -2.60. The topological polar surface area (TPSA) is 72.3 Å². The maximum Gasteiger partial charge on any atom is 0.245 e. The van der Waals surface area contributed by atoms with E-state index in [4.69, 9.17) is 63.9 Å². The third-order valence-electron chi connectivity index (χ3n) is 5.57. The van der Waals surface area contributed by atoms with Gasteiger partial charge in [-0.2, -0.15) is 5.26 Å². The Labute approximate surface area is 234 Å². The molecular formula is C25H19Cl4N5OS. The minimum absolute atomic E-state index is 0.401. The number of rotatable bonds is 5. The summed E-state index contributed by atoms with van der Waals surface area (Å²) in [4.78, 5) is 20.9. The Bertz CT molecular complexity index is 1370. The van der Waals surface area contributed by atoms with Crippen LogP contribution in [0.5, 0.6) is 0 Å². The van der Waals surface area contributed by atoms with Gasteiger partial charge >= 0.3 is 0 Å². The predicted molar refractivity (Wildman–Crippen MR) is 150 cm³/mol. The van der Waals surface area contributed by atoms with Crippen molar-refractivity contribution in [1.29, 1.82) is 5.26 Å². The molecule has 1 unspecified atom stereocenters. The summed E-state index contributed by atoms with van der Waals surface area (Å²) in [6, 6.07) is 16.4. The number of amides is 1. The molecule has 1 fully saturated rings. The molecular weight excluding hydrogens is 560 g/mol. The van der Waals surface area contributed by atoms with Crippen LogP contribution in [0, 0.1) is 11.3 Å². The summed E-state index contributed by atoms with van der Waals surface area (Å²) in [5.41, 5.74) is 2.82. The second-order valence-electron chi connectivity index (χ2n) is 8.00. The molecule has 6 nitrogen and oxygen atoms in total. The van der Waals surface area contributed by atoms with Crippen LogP contribution in [-0.4, -0.2) is 44.0 Å². The molecule has 2 aromatic carbocycles. The van der Waals surface area contributed by atoms with Gasteiger partial charge in [0.15, 0.2) is 11.3 Å². The Balaban J connectivity index is 1.56. The average molecular weight is 579 g/mol. The molecule has 184 valence electrons. The molecule has 1 amide bonds. The van der Waals surface area contributed by atoms with Crippen LogP contribution in [0.15, 0.2) is 60.8 Å². The number of nitrogens with zero attached hydrogens (tertiary/aromatic N) is 4.